The van der Waals surface area contributed by atoms with Crippen molar-refractivity contribution in [3.05, 3.63) is 29.3 Å². The average Bonchev–Trinajstić information content (AvgIpc) is 3.10. The highest BCUT2D eigenvalue weighted by atomic mass is 16.5. The normalized spacial score (nSPS) is 17.8. The molecule has 10 nitrogen and oxygen atoms in total. The zero-order valence-corrected chi connectivity index (χ0v) is 19.0. The SMILES string of the molecule is CCCOCCNCCOCCC(=O)Nc1ccc2c(c1)CN(C1CCC(=O)NC1=O)C2=O. The van der Waals surface area contributed by atoms with Crippen LogP contribution in [0, 0.1) is 0 Å². The molecule has 1 saturated heterocycles. The fourth-order valence-electron chi connectivity index (χ4n) is 3.80. The van der Waals surface area contributed by atoms with Crippen LogP contribution in [-0.4, -0.2) is 74.1 Å². The van der Waals surface area contributed by atoms with E-state index in [1.54, 1.807) is 18.2 Å². The Morgan fingerprint density at radius 3 is 2.61 bits per heavy atom. The number of rotatable bonds is 13. The van der Waals surface area contributed by atoms with Gasteiger partial charge in [-0.05, 0) is 36.6 Å². The number of nitrogens with one attached hydrogen (secondary N) is 3. The van der Waals surface area contributed by atoms with E-state index in [1.807, 2.05) is 0 Å². The van der Waals surface area contributed by atoms with Gasteiger partial charge in [0.25, 0.3) is 5.91 Å². The quantitative estimate of drug-likeness (QED) is 0.294. The zero-order chi connectivity index (χ0) is 23.6. The molecule has 0 aromatic heterocycles. The van der Waals surface area contributed by atoms with Crippen molar-refractivity contribution in [2.24, 2.45) is 0 Å². The molecule has 0 bridgehead atoms. The van der Waals surface area contributed by atoms with Crippen LogP contribution in [0.5, 0.6) is 0 Å². The molecule has 3 N–H and O–H groups in total. The van der Waals surface area contributed by atoms with E-state index in [-0.39, 0.29) is 37.1 Å². The van der Waals surface area contributed by atoms with Crippen molar-refractivity contribution in [2.45, 2.75) is 45.2 Å². The number of anilines is 1. The maximum Gasteiger partial charge on any atom is 0.255 e. The molecule has 3 rings (SSSR count). The molecular formula is C23H32N4O6. The van der Waals surface area contributed by atoms with Gasteiger partial charge in [0.2, 0.25) is 17.7 Å². The molecule has 1 aromatic rings. The van der Waals surface area contributed by atoms with Gasteiger partial charge in [-0.1, -0.05) is 6.92 Å². The van der Waals surface area contributed by atoms with Crippen LogP contribution in [-0.2, 0) is 30.4 Å². The molecule has 33 heavy (non-hydrogen) atoms. The largest absolute Gasteiger partial charge is 0.380 e. The van der Waals surface area contributed by atoms with Crippen molar-refractivity contribution in [1.82, 2.24) is 15.5 Å². The van der Waals surface area contributed by atoms with Crippen LogP contribution in [0.2, 0.25) is 0 Å². The number of benzene rings is 1. The Kier molecular flexibility index (Phi) is 9.35. The second-order valence-electron chi connectivity index (χ2n) is 8.04. The number of hydrogen-bond donors (Lipinski definition) is 3. The van der Waals surface area contributed by atoms with Crippen LogP contribution in [0.4, 0.5) is 5.69 Å². The van der Waals surface area contributed by atoms with Gasteiger partial charge in [0.05, 0.1) is 26.2 Å². The van der Waals surface area contributed by atoms with E-state index < -0.39 is 11.9 Å². The Morgan fingerprint density at radius 2 is 1.88 bits per heavy atom. The predicted octanol–water partition coefficient (Wildman–Crippen LogP) is 0.809. The van der Waals surface area contributed by atoms with Gasteiger partial charge in [-0.3, -0.25) is 24.5 Å². The summed E-state index contributed by atoms with van der Waals surface area (Å²) in [6, 6.07) is 4.43. The third-order valence-corrected chi connectivity index (χ3v) is 5.48. The Labute approximate surface area is 193 Å². The first-order chi connectivity index (χ1) is 16.0. The summed E-state index contributed by atoms with van der Waals surface area (Å²) in [6.07, 6.45) is 1.76. The van der Waals surface area contributed by atoms with Gasteiger partial charge in [0, 0.05) is 43.9 Å². The summed E-state index contributed by atoms with van der Waals surface area (Å²) < 4.78 is 10.8. The fourth-order valence-corrected chi connectivity index (χ4v) is 3.80. The van der Waals surface area contributed by atoms with Gasteiger partial charge in [0.15, 0.2) is 0 Å². The standard InChI is InChI=1S/C23H32N4O6/c1-2-10-32-12-8-24-9-13-33-11-7-21(29)25-17-3-4-18-16(14-17)15-27(23(18)31)19-5-6-20(28)26-22(19)30/h3-4,14,19,24H,2,5-13,15H2,1H3,(H,25,29)(H,26,28,30). The highest BCUT2D eigenvalue weighted by Crippen LogP contribution is 2.29. The van der Waals surface area contributed by atoms with Crippen LogP contribution in [0.25, 0.3) is 0 Å². The van der Waals surface area contributed by atoms with Crippen molar-refractivity contribution in [1.29, 1.82) is 0 Å². The van der Waals surface area contributed by atoms with Gasteiger partial charge in [-0.2, -0.15) is 0 Å². The lowest BCUT2D eigenvalue weighted by molar-refractivity contribution is -0.137. The second kappa shape index (κ2) is 12.4. The Balaban J connectivity index is 1.38. The highest BCUT2D eigenvalue weighted by Gasteiger charge is 2.39. The first-order valence-electron chi connectivity index (χ1n) is 11.4. The van der Waals surface area contributed by atoms with Crippen molar-refractivity contribution in [3.8, 4) is 0 Å². The number of amides is 4. The van der Waals surface area contributed by atoms with E-state index in [4.69, 9.17) is 9.47 Å². The third-order valence-electron chi connectivity index (χ3n) is 5.48. The van der Waals surface area contributed by atoms with Crippen LogP contribution < -0.4 is 16.0 Å². The molecule has 0 aliphatic carbocycles. The van der Waals surface area contributed by atoms with Crippen LogP contribution in [0.15, 0.2) is 18.2 Å². The smallest absolute Gasteiger partial charge is 0.255 e. The zero-order valence-electron chi connectivity index (χ0n) is 19.0. The maximum atomic E-state index is 12.7. The van der Waals surface area contributed by atoms with Gasteiger partial charge >= 0.3 is 0 Å². The number of fused-ring (bicyclic) bond motifs is 1. The van der Waals surface area contributed by atoms with E-state index in [2.05, 4.69) is 22.9 Å². The van der Waals surface area contributed by atoms with Crippen molar-refractivity contribution in [3.63, 3.8) is 0 Å². The Bertz CT molecular complexity index is 875. The molecule has 1 unspecified atom stereocenters. The number of carbonyl (C=O) groups is 4. The number of hydrogen-bond acceptors (Lipinski definition) is 7. The molecule has 2 heterocycles. The third kappa shape index (κ3) is 7.08. The van der Waals surface area contributed by atoms with Crippen molar-refractivity contribution in [2.75, 3.05) is 44.8 Å². The second-order valence-corrected chi connectivity index (χ2v) is 8.04. The van der Waals surface area contributed by atoms with E-state index in [9.17, 15) is 19.2 Å². The summed E-state index contributed by atoms with van der Waals surface area (Å²) in [5.41, 5.74) is 1.84. The number of nitrogens with zero attached hydrogens (tertiary/aromatic N) is 1. The topological polar surface area (TPSA) is 126 Å². The molecule has 0 saturated carbocycles. The molecule has 0 spiro atoms. The summed E-state index contributed by atoms with van der Waals surface area (Å²) in [4.78, 5) is 49.9. The lowest BCUT2D eigenvalue weighted by Gasteiger charge is -2.29. The molecule has 180 valence electrons. The number of ether oxygens (including phenoxy) is 2. The number of carbonyl (C=O) groups excluding carboxylic acids is 4. The molecule has 0 radical (unpaired) electrons. The summed E-state index contributed by atoms with van der Waals surface area (Å²) in [5.74, 6) is -1.18. The van der Waals surface area contributed by atoms with E-state index in [1.165, 1.54) is 4.90 Å². The number of imide groups is 1. The monoisotopic (exact) mass is 460 g/mol. The van der Waals surface area contributed by atoms with Gasteiger partial charge in [0.1, 0.15) is 6.04 Å². The average molecular weight is 461 g/mol. The summed E-state index contributed by atoms with van der Waals surface area (Å²) in [6.45, 7) is 6.07. The Hall–Kier alpha value is -2.82. The van der Waals surface area contributed by atoms with Gasteiger partial charge in [-0.25, -0.2) is 0 Å². The van der Waals surface area contributed by atoms with Crippen molar-refractivity contribution < 1.29 is 28.7 Å². The first kappa shape index (κ1) is 24.8. The van der Waals surface area contributed by atoms with Gasteiger partial charge < -0.3 is 25.0 Å². The summed E-state index contributed by atoms with van der Waals surface area (Å²) in [5, 5.41) is 8.32. The van der Waals surface area contributed by atoms with E-state index >= 15 is 0 Å². The minimum Gasteiger partial charge on any atom is -0.380 e. The van der Waals surface area contributed by atoms with E-state index in [0.717, 1.165) is 25.1 Å². The highest BCUT2D eigenvalue weighted by molar-refractivity contribution is 6.05. The lowest BCUT2D eigenvalue weighted by atomic mass is 10.0. The van der Waals surface area contributed by atoms with Crippen LogP contribution >= 0.6 is 0 Å². The molecule has 1 aromatic carbocycles. The molecule has 2 aliphatic rings. The lowest BCUT2D eigenvalue weighted by Crippen LogP contribution is -2.52. The molecule has 1 atom stereocenters. The minimum absolute atomic E-state index is 0.178. The summed E-state index contributed by atoms with van der Waals surface area (Å²) in [7, 11) is 0. The van der Waals surface area contributed by atoms with Crippen molar-refractivity contribution >= 4 is 29.3 Å². The molecule has 1 fully saturated rings. The number of piperidine rings is 1. The summed E-state index contributed by atoms with van der Waals surface area (Å²) >= 11 is 0. The Morgan fingerprint density at radius 1 is 1.12 bits per heavy atom. The molecular weight excluding hydrogens is 428 g/mol. The van der Waals surface area contributed by atoms with Gasteiger partial charge in [-0.15, -0.1) is 0 Å². The van der Waals surface area contributed by atoms with Crippen LogP contribution in [0.1, 0.15) is 48.5 Å². The minimum atomic E-state index is -0.656. The molecule has 4 amide bonds. The van der Waals surface area contributed by atoms with E-state index in [0.29, 0.717) is 44.0 Å². The molecule has 2 aliphatic heterocycles. The molecule has 10 heteroatoms. The first-order valence-corrected chi connectivity index (χ1v) is 11.4. The fraction of sp³-hybridized carbons (Fsp3) is 0.565. The predicted molar refractivity (Wildman–Crippen MR) is 121 cm³/mol. The maximum absolute atomic E-state index is 12.7. The van der Waals surface area contributed by atoms with Crippen LogP contribution in [0.3, 0.4) is 0 Å².